The zero-order valence-corrected chi connectivity index (χ0v) is 11.8. The van der Waals surface area contributed by atoms with Gasteiger partial charge >= 0.3 is 5.97 Å². The summed E-state index contributed by atoms with van der Waals surface area (Å²) in [4.78, 5) is 15.2. The molecule has 0 unspecified atom stereocenters. The Hall–Kier alpha value is -3.02. The number of hydrogen-bond donors (Lipinski definition) is 1. The van der Waals surface area contributed by atoms with Crippen LogP contribution in [0.25, 0.3) is 11.1 Å². The van der Waals surface area contributed by atoms with Crippen LogP contribution >= 0.6 is 0 Å². The van der Waals surface area contributed by atoms with Crippen LogP contribution in [0, 0.1) is 0 Å². The molecule has 3 aromatic rings. The Labute approximate surface area is 125 Å². The average molecular weight is 299 g/mol. The fraction of sp³-hybridized carbons (Fsp3) is 0.125. The molecule has 6 nitrogen and oxygen atoms in total. The third kappa shape index (κ3) is 2.85. The summed E-state index contributed by atoms with van der Waals surface area (Å²) in [6.07, 6.45) is 0. The topological polar surface area (TPSA) is 81.8 Å². The zero-order valence-electron chi connectivity index (χ0n) is 11.8. The van der Waals surface area contributed by atoms with E-state index in [0.29, 0.717) is 28.5 Å². The van der Waals surface area contributed by atoms with Crippen molar-refractivity contribution in [3.05, 3.63) is 53.9 Å². The van der Waals surface area contributed by atoms with Crippen molar-refractivity contribution in [2.24, 2.45) is 0 Å². The number of ether oxygens (including phenoxy) is 2. The molecule has 6 heteroatoms. The molecule has 22 heavy (non-hydrogen) atoms. The molecule has 0 fully saturated rings. The van der Waals surface area contributed by atoms with E-state index in [9.17, 15) is 4.79 Å². The molecule has 0 spiro atoms. The minimum absolute atomic E-state index is 0.143. The Kier molecular flexibility index (Phi) is 3.65. The van der Waals surface area contributed by atoms with E-state index in [4.69, 9.17) is 19.0 Å². The zero-order chi connectivity index (χ0) is 15.5. The molecule has 0 saturated heterocycles. The Morgan fingerprint density at radius 2 is 2.05 bits per heavy atom. The summed E-state index contributed by atoms with van der Waals surface area (Å²) in [5.41, 5.74) is 1.17. The fourth-order valence-corrected chi connectivity index (χ4v) is 2.00. The van der Waals surface area contributed by atoms with Crippen LogP contribution in [0.5, 0.6) is 11.5 Å². The van der Waals surface area contributed by atoms with Gasteiger partial charge in [-0.2, -0.15) is 0 Å². The summed E-state index contributed by atoms with van der Waals surface area (Å²) >= 11 is 0. The second-order valence-electron chi connectivity index (χ2n) is 4.56. The number of hydrogen-bond acceptors (Lipinski definition) is 5. The van der Waals surface area contributed by atoms with E-state index in [2.05, 4.69) is 4.98 Å². The maximum atomic E-state index is 10.9. The summed E-state index contributed by atoms with van der Waals surface area (Å²) in [6, 6.07) is 11.7. The Bertz CT molecular complexity index is 824. The average Bonchev–Trinajstić information content (AvgIpc) is 2.95. The molecular formula is C16H13NO5. The van der Waals surface area contributed by atoms with Gasteiger partial charge < -0.3 is 19.0 Å². The maximum Gasteiger partial charge on any atom is 0.335 e. The summed E-state index contributed by atoms with van der Waals surface area (Å²) < 4.78 is 16.2. The van der Waals surface area contributed by atoms with E-state index in [1.54, 1.807) is 25.3 Å². The lowest BCUT2D eigenvalue weighted by atomic mass is 10.2. The van der Waals surface area contributed by atoms with Crippen molar-refractivity contribution < 1.29 is 23.8 Å². The highest BCUT2D eigenvalue weighted by molar-refractivity contribution is 5.91. The number of oxazole rings is 1. The van der Waals surface area contributed by atoms with Gasteiger partial charge in [-0.05, 0) is 30.3 Å². The van der Waals surface area contributed by atoms with E-state index in [-0.39, 0.29) is 12.2 Å². The van der Waals surface area contributed by atoms with Crippen molar-refractivity contribution in [2.75, 3.05) is 7.11 Å². The van der Waals surface area contributed by atoms with Gasteiger partial charge in [-0.1, -0.05) is 6.07 Å². The van der Waals surface area contributed by atoms with Gasteiger partial charge in [-0.3, -0.25) is 0 Å². The lowest BCUT2D eigenvalue weighted by Gasteiger charge is -2.05. The number of carboxylic acid groups (broad SMARTS) is 1. The summed E-state index contributed by atoms with van der Waals surface area (Å²) in [7, 11) is 1.58. The summed E-state index contributed by atoms with van der Waals surface area (Å²) in [5, 5.41) is 8.95. The number of nitrogens with zero attached hydrogens (tertiary/aromatic N) is 1. The molecule has 112 valence electrons. The van der Waals surface area contributed by atoms with Gasteiger partial charge in [-0.15, -0.1) is 0 Å². The predicted molar refractivity (Wildman–Crippen MR) is 78.3 cm³/mol. The molecular weight excluding hydrogens is 286 g/mol. The van der Waals surface area contributed by atoms with Crippen molar-refractivity contribution in [3.8, 4) is 11.5 Å². The molecule has 0 aliphatic heterocycles. The smallest absolute Gasteiger partial charge is 0.335 e. The van der Waals surface area contributed by atoms with Crippen LogP contribution in [0.1, 0.15) is 16.2 Å². The molecule has 0 aliphatic carbocycles. The molecule has 0 bridgehead atoms. The van der Waals surface area contributed by atoms with Crippen LogP contribution < -0.4 is 9.47 Å². The van der Waals surface area contributed by atoms with Crippen molar-refractivity contribution in [1.82, 2.24) is 4.98 Å². The lowest BCUT2D eigenvalue weighted by molar-refractivity contribution is 0.0697. The minimum Gasteiger partial charge on any atom is -0.497 e. The van der Waals surface area contributed by atoms with Gasteiger partial charge in [-0.25, -0.2) is 9.78 Å². The van der Waals surface area contributed by atoms with Crippen LogP contribution in [-0.2, 0) is 6.61 Å². The fourth-order valence-electron chi connectivity index (χ4n) is 2.00. The number of methoxy groups -OCH3 is 1. The maximum absolute atomic E-state index is 10.9. The van der Waals surface area contributed by atoms with Gasteiger partial charge in [0.15, 0.2) is 12.2 Å². The van der Waals surface area contributed by atoms with Crippen LogP contribution in [-0.4, -0.2) is 23.2 Å². The molecule has 0 atom stereocenters. The first kappa shape index (κ1) is 13.9. The first-order valence-electron chi connectivity index (χ1n) is 6.55. The molecule has 0 radical (unpaired) electrons. The molecule has 0 amide bonds. The van der Waals surface area contributed by atoms with Crippen molar-refractivity contribution in [2.45, 2.75) is 6.61 Å². The third-order valence-electron chi connectivity index (χ3n) is 3.08. The number of carboxylic acids is 1. The van der Waals surface area contributed by atoms with E-state index in [1.165, 1.54) is 12.1 Å². The third-order valence-corrected chi connectivity index (χ3v) is 3.08. The predicted octanol–water partition coefficient (Wildman–Crippen LogP) is 3.11. The SMILES string of the molecule is COc1cccc(OCc2nc3ccc(C(=O)O)cc3o2)c1. The first-order valence-corrected chi connectivity index (χ1v) is 6.55. The molecule has 1 N–H and O–H groups in total. The quantitative estimate of drug-likeness (QED) is 0.779. The van der Waals surface area contributed by atoms with E-state index in [0.717, 1.165) is 0 Å². The number of carbonyl (C=O) groups is 1. The Morgan fingerprint density at radius 3 is 2.82 bits per heavy atom. The van der Waals surface area contributed by atoms with Crippen LogP contribution in [0.15, 0.2) is 46.9 Å². The molecule has 3 rings (SSSR count). The van der Waals surface area contributed by atoms with Crippen molar-refractivity contribution in [3.63, 3.8) is 0 Å². The van der Waals surface area contributed by atoms with E-state index < -0.39 is 5.97 Å². The van der Waals surface area contributed by atoms with Gasteiger partial charge in [0.25, 0.3) is 0 Å². The molecule has 1 aromatic heterocycles. The van der Waals surface area contributed by atoms with Crippen molar-refractivity contribution in [1.29, 1.82) is 0 Å². The van der Waals surface area contributed by atoms with Crippen LogP contribution in [0.3, 0.4) is 0 Å². The Balaban J connectivity index is 1.77. The van der Waals surface area contributed by atoms with Crippen LogP contribution in [0.4, 0.5) is 0 Å². The van der Waals surface area contributed by atoms with Crippen LogP contribution in [0.2, 0.25) is 0 Å². The number of aromatic nitrogens is 1. The highest BCUT2D eigenvalue weighted by atomic mass is 16.5. The van der Waals surface area contributed by atoms with Gasteiger partial charge in [0.1, 0.15) is 17.0 Å². The normalized spacial score (nSPS) is 10.6. The van der Waals surface area contributed by atoms with Gasteiger partial charge in [0, 0.05) is 6.07 Å². The second kappa shape index (κ2) is 5.77. The minimum atomic E-state index is -1.01. The number of benzene rings is 2. The molecule has 2 aromatic carbocycles. The lowest BCUT2D eigenvalue weighted by Crippen LogP contribution is -1.95. The first-order chi connectivity index (χ1) is 10.7. The summed E-state index contributed by atoms with van der Waals surface area (Å²) in [6.45, 7) is 0.143. The molecule has 0 aliphatic rings. The standard InChI is InChI=1S/C16H13NO5/c1-20-11-3-2-4-12(8-11)21-9-15-17-13-6-5-10(16(18)19)7-14(13)22-15/h2-8H,9H2,1H3,(H,18,19). The number of rotatable bonds is 5. The molecule has 1 heterocycles. The highest BCUT2D eigenvalue weighted by Crippen LogP contribution is 2.22. The van der Waals surface area contributed by atoms with Gasteiger partial charge in [0.05, 0.1) is 12.7 Å². The monoisotopic (exact) mass is 299 g/mol. The number of fused-ring (bicyclic) bond motifs is 1. The second-order valence-corrected chi connectivity index (χ2v) is 4.56. The molecule has 0 saturated carbocycles. The van der Waals surface area contributed by atoms with Gasteiger partial charge in [0.2, 0.25) is 5.89 Å². The number of aromatic carboxylic acids is 1. The van der Waals surface area contributed by atoms with E-state index >= 15 is 0 Å². The highest BCUT2D eigenvalue weighted by Gasteiger charge is 2.10. The van der Waals surface area contributed by atoms with E-state index in [1.807, 2.05) is 12.1 Å². The Morgan fingerprint density at radius 1 is 1.23 bits per heavy atom. The largest absolute Gasteiger partial charge is 0.497 e. The summed E-state index contributed by atoms with van der Waals surface area (Å²) in [5.74, 6) is 0.696. The van der Waals surface area contributed by atoms with Crippen molar-refractivity contribution >= 4 is 17.1 Å².